The first-order chi connectivity index (χ1) is 11.7. The van der Waals surface area contributed by atoms with Crippen LogP contribution in [0.5, 0.6) is 0 Å². The van der Waals surface area contributed by atoms with Crippen molar-refractivity contribution in [3.05, 3.63) is 78.2 Å². The lowest BCUT2D eigenvalue weighted by Crippen LogP contribution is -2.31. The van der Waals surface area contributed by atoms with Gasteiger partial charge >= 0.3 is 6.03 Å². The number of benzene rings is 1. The summed E-state index contributed by atoms with van der Waals surface area (Å²) in [5, 5.41) is 9.99. The highest BCUT2D eigenvalue weighted by molar-refractivity contribution is 5.88. The van der Waals surface area contributed by atoms with Crippen molar-refractivity contribution < 1.29 is 4.79 Å². The minimum absolute atomic E-state index is 0.112. The third-order valence-corrected chi connectivity index (χ3v) is 3.62. The van der Waals surface area contributed by atoms with E-state index in [1.54, 1.807) is 23.1 Å². The number of hydrogen-bond acceptors (Lipinski definition) is 3. The summed E-state index contributed by atoms with van der Waals surface area (Å²) in [6.07, 6.45) is 5.25. The lowest BCUT2D eigenvalue weighted by Gasteiger charge is -2.13. The standard InChI is InChI=1S/C18H19N5O/c1-14(16-7-10-19-11-8-16)20-18(24)21-17-9-12-23(22-17)13-15-5-3-2-4-6-15/h2-12,14H,13H2,1H3,(H2,20,21,22,24). The van der Waals surface area contributed by atoms with Crippen LogP contribution in [0.25, 0.3) is 0 Å². The van der Waals surface area contributed by atoms with Crippen LogP contribution in [0.3, 0.4) is 0 Å². The van der Waals surface area contributed by atoms with Gasteiger partial charge < -0.3 is 5.32 Å². The lowest BCUT2D eigenvalue weighted by molar-refractivity contribution is 0.249. The van der Waals surface area contributed by atoms with Crippen molar-refractivity contribution in [2.75, 3.05) is 5.32 Å². The topological polar surface area (TPSA) is 71.8 Å². The van der Waals surface area contributed by atoms with E-state index in [-0.39, 0.29) is 12.1 Å². The van der Waals surface area contributed by atoms with Gasteiger partial charge in [-0.3, -0.25) is 15.0 Å². The Kier molecular flexibility index (Phi) is 4.86. The van der Waals surface area contributed by atoms with Crippen molar-refractivity contribution in [1.29, 1.82) is 0 Å². The zero-order valence-corrected chi connectivity index (χ0v) is 13.4. The number of aromatic nitrogens is 3. The molecule has 1 aromatic carbocycles. The third-order valence-electron chi connectivity index (χ3n) is 3.62. The van der Waals surface area contributed by atoms with Crippen molar-refractivity contribution in [3.63, 3.8) is 0 Å². The van der Waals surface area contributed by atoms with Crippen LogP contribution in [0, 0.1) is 0 Å². The molecule has 6 heteroatoms. The predicted molar refractivity (Wildman–Crippen MR) is 92.6 cm³/mol. The van der Waals surface area contributed by atoms with Gasteiger partial charge in [0.2, 0.25) is 0 Å². The van der Waals surface area contributed by atoms with E-state index in [4.69, 9.17) is 0 Å². The monoisotopic (exact) mass is 321 g/mol. The van der Waals surface area contributed by atoms with Crippen molar-refractivity contribution in [2.45, 2.75) is 19.5 Å². The molecule has 0 saturated carbocycles. The number of rotatable bonds is 5. The number of amides is 2. The normalized spacial score (nSPS) is 11.7. The number of hydrogen-bond donors (Lipinski definition) is 2. The Bertz CT molecular complexity index is 785. The van der Waals surface area contributed by atoms with Crippen LogP contribution in [0.1, 0.15) is 24.1 Å². The number of carbonyl (C=O) groups is 1. The molecule has 0 bridgehead atoms. The summed E-state index contributed by atoms with van der Waals surface area (Å²) >= 11 is 0. The summed E-state index contributed by atoms with van der Waals surface area (Å²) in [6.45, 7) is 2.58. The molecular weight excluding hydrogens is 302 g/mol. The van der Waals surface area contributed by atoms with E-state index in [9.17, 15) is 4.79 Å². The molecule has 3 rings (SSSR count). The predicted octanol–water partition coefficient (Wildman–Crippen LogP) is 3.21. The van der Waals surface area contributed by atoms with Crippen LogP contribution < -0.4 is 10.6 Å². The maximum atomic E-state index is 12.1. The maximum Gasteiger partial charge on any atom is 0.320 e. The minimum atomic E-state index is -0.288. The fourth-order valence-corrected chi connectivity index (χ4v) is 2.37. The van der Waals surface area contributed by atoms with Crippen LogP contribution in [0.4, 0.5) is 10.6 Å². The van der Waals surface area contributed by atoms with Gasteiger partial charge in [-0.25, -0.2) is 4.79 Å². The summed E-state index contributed by atoms with van der Waals surface area (Å²) in [4.78, 5) is 16.0. The second kappa shape index (κ2) is 7.41. The Hall–Kier alpha value is -3.15. The van der Waals surface area contributed by atoms with Crippen LogP contribution in [-0.2, 0) is 6.54 Å². The number of urea groups is 1. The van der Waals surface area contributed by atoms with Gasteiger partial charge in [-0.2, -0.15) is 5.10 Å². The summed E-state index contributed by atoms with van der Waals surface area (Å²) in [6, 6.07) is 15.2. The first-order valence-electron chi connectivity index (χ1n) is 7.75. The van der Waals surface area contributed by atoms with Gasteiger partial charge in [0.1, 0.15) is 0 Å². The van der Waals surface area contributed by atoms with E-state index in [1.807, 2.05) is 55.6 Å². The van der Waals surface area contributed by atoms with E-state index in [2.05, 4.69) is 20.7 Å². The van der Waals surface area contributed by atoms with Gasteiger partial charge in [0.05, 0.1) is 12.6 Å². The first-order valence-corrected chi connectivity index (χ1v) is 7.75. The van der Waals surface area contributed by atoms with Gasteiger partial charge in [0.25, 0.3) is 0 Å². The van der Waals surface area contributed by atoms with Crippen LogP contribution >= 0.6 is 0 Å². The smallest absolute Gasteiger partial charge is 0.320 e. The summed E-state index contributed by atoms with van der Waals surface area (Å²) in [5.41, 5.74) is 2.15. The summed E-state index contributed by atoms with van der Waals surface area (Å²) < 4.78 is 1.79. The Labute approximate surface area is 140 Å². The van der Waals surface area contributed by atoms with E-state index in [1.165, 1.54) is 0 Å². The SMILES string of the molecule is CC(NC(=O)Nc1ccn(Cc2ccccc2)n1)c1ccncc1. The lowest BCUT2D eigenvalue weighted by atomic mass is 10.1. The zero-order chi connectivity index (χ0) is 16.8. The Morgan fingerprint density at radius 2 is 1.88 bits per heavy atom. The number of anilines is 1. The zero-order valence-electron chi connectivity index (χ0n) is 13.4. The molecule has 1 unspecified atom stereocenters. The molecule has 0 saturated heterocycles. The Morgan fingerprint density at radius 3 is 2.62 bits per heavy atom. The van der Waals surface area contributed by atoms with Gasteiger partial charge in [0, 0.05) is 24.7 Å². The molecule has 6 nitrogen and oxygen atoms in total. The van der Waals surface area contributed by atoms with Gasteiger partial charge in [-0.15, -0.1) is 0 Å². The molecule has 2 N–H and O–H groups in total. The molecule has 24 heavy (non-hydrogen) atoms. The molecule has 0 spiro atoms. The highest BCUT2D eigenvalue weighted by Gasteiger charge is 2.10. The number of nitrogens with zero attached hydrogens (tertiary/aromatic N) is 3. The molecule has 0 aliphatic carbocycles. The van der Waals surface area contributed by atoms with E-state index in [0.717, 1.165) is 11.1 Å². The number of pyridine rings is 1. The molecular formula is C18H19N5O. The first kappa shape index (κ1) is 15.7. The van der Waals surface area contributed by atoms with E-state index < -0.39 is 0 Å². The van der Waals surface area contributed by atoms with Gasteiger partial charge in [0.15, 0.2) is 5.82 Å². The molecule has 0 aliphatic heterocycles. The fraction of sp³-hybridized carbons (Fsp3) is 0.167. The highest BCUT2D eigenvalue weighted by atomic mass is 16.2. The second-order valence-corrected chi connectivity index (χ2v) is 5.48. The van der Waals surface area contributed by atoms with E-state index in [0.29, 0.717) is 12.4 Å². The Balaban J connectivity index is 1.55. The molecule has 2 heterocycles. The van der Waals surface area contributed by atoms with Crippen molar-refractivity contribution >= 4 is 11.8 Å². The van der Waals surface area contributed by atoms with Crippen molar-refractivity contribution in [2.24, 2.45) is 0 Å². The van der Waals surface area contributed by atoms with Crippen LogP contribution in [-0.4, -0.2) is 20.8 Å². The maximum absolute atomic E-state index is 12.1. The minimum Gasteiger partial charge on any atom is -0.331 e. The fourth-order valence-electron chi connectivity index (χ4n) is 2.37. The average molecular weight is 321 g/mol. The second-order valence-electron chi connectivity index (χ2n) is 5.48. The van der Waals surface area contributed by atoms with E-state index >= 15 is 0 Å². The van der Waals surface area contributed by atoms with Crippen molar-refractivity contribution in [1.82, 2.24) is 20.1 Å². The van der Waals surface area contributed by atoms with Crippen LogP contribution in [0.15, 0.2) is 67.1 Å². The van der Waals surface area contributed by atoms with Gasteiger partial charge in [-0.05, 0) is 30.2 Å². The molecule has 2 aromatic heterocycles. The molecule has 122 valence electrons. The average Bonchev–Trinajstić information content (AvgIpc) is 3.03. The highest BCUT2D eigenvalue weighted by Crippen LogP contribution is 2.11. The van der Waals surface area contributed by atoms with Crippen LogP contribution in [0.2, 0.25) is 0 Å². The van der Waals surface area contributed by atoms with Crippen molar-refractivity contribution in [3.8, 4) is 0 Å². The number of nitrogens with one attached hydrogen (secondary N) is 2. The summed E-state index contributed by atoms with van der Waals surface area (Å²) in [7, 11) is 0. The quantitative estimate of drug-likeness (QED) is 0.758. The van der Waals surface area contributed by atoms with Gasteiger partial charge in [-0.1, -0.05) is 30.3 Å². The molecule has 1 atom stereocenters. The number of carbonyl (C=O) groups excluding carboxylic acids is 1. The summed E-state index contributed by atoms with van der Waals surface area (Å²) in [5.74, 6) is 0.519. The Morgan fingerprint density at radius 1 is 1.12 bits per heavy atom. The molecule has 0 fully saturated rings. The molecule has 2 amide bonds. The molecule has 3 aromatic rings. The largest absolute Gasteiger partial charge is 0.331 e. The third kappa shape index (κ3) is 4.19. The molecule has 0 radical (unpaired) electrons. The molecule has 0 aliphatic rings.